The summed E-state index contributed by atoms with van der Waals surface area (Å²) in [4.78, 5) is 0. The lowest BCUT2D eigenvalue weighted by Gasteiger charge is -2.10. The molecule has 82 valence electrons. The maximum Gasteiger partial charge on any atom is 0.122 e. The number of hydrogen-bond donors (Lipinski definition) is 0. The number of epoxide rings is 1. The molecule has 15 heavy (non-hydrogen) atoms. The molecular formula is C13H18O2. The van der Waals surface area contributed by atoms with Gasteiger partial charge in [0.2, 0.25) is 0 Å². The maximum atomic E-state index is 5.40. The standard InChI is InChI=1S/C13H18O2/c1-4-11-7-10(5-6-12(11)14-3)8-13(2)9-15-13/h5-7H,4,8-9H2,1-3H3. The van der Waals surface area contributed by atoms with Crippen LogP contribution in [-0.2, 0) is 17.6 Å². The first-order valence-corrected chi connectivity index (χ1v) is 5.46. The van der Waals surface area contributed by atoms with E-state index in [1.807, 2.05) is 0 Å². The summed E-state index contributed by atoms with van der Waals surface area (Å²) in [5, 5.41) is 0. The smallest absolute Gasteiger partial charge is 0.122 e. The van der Waals surface area contributed by atoms with Gasteiger partial charge in [-0.05, 0) is 30.5 Å². The molecule has 0 aliphatic carbocycles. The molecule has 1 saturated heterocycles. The van der Waals surface area contributed by atoms with Crippen molar-refractivity contribution in [3.8, 4) is 5.75 Å². The van der Waals surface area contributed by atoms with Gasteiger partial charge in [-0.2, -0.15) is 0 Å². The van der Waals surface area contributed by atoms with Gasteiger partial charge in [0.05, 0.1) is 19.3 Å². The molecule has 2 heteroatoms. The lowest BCUT2D eigenvalue weighted by Crippen LogP contribution is -2.09. The van der Waals surface area contributed by atoms with E-state index < -0.39 is 0 Å². The molecule has 1 atom stereocenters. The highest BCUT2D eigenvalue weighted by Gasteiger charge is 2.39. The highest BCUT2D eigenvalue weighted by molar-refractivity contribution is 5.38. The third-order valence-corrected chi connectivity index (χ3v) is 2.94. The van der Waals surface area contributed by atoms with Crippen molar-refractivity contribution in [2.45, 2.75) is 32.3 Å². The number of aryl methyl sites for hydroxylation is 1. The highest BCUT2D eigenvalue weighted by Crippen LogP contribution is 2.31. The predicted octanol–water partition coefficient (Wildman–Crippen LogP) is 2.59. The first-order valence-electron chi connectivity index (χ1n) is 5.46. The van der Waals surface area contributed by atoms with Crippen LogP contribution in [0.3, 0.4) is 0 Å². The molecule has 0 aromatic heterocycles. The molecule has 1 aliphatic rings. The van der Waals surface area contributed by atoms with E-state index in [-0.39, 0.29) is 5.60 Å². The number of hydrogen-bond acceptors (Lipinski definition) is 2. The Morgan fingerprint density at radius 3 is 2.73 bits per heavy atom. The second-order valence-corrected chi connectivity index (χ2v) is 4.42. The first kappa shape index (κ1) is 10.5. The molecule has 1 aliphatic heterocycles. The molecule has 0 spiro atoms. The fraction of sp³-hybridized carbons (Fsp3) is 0.538. The van der Waals surface area contributed by atoms with Gasteiger partial charge < -0.3 is 9.47 Å². The van der Waals surface area contributed by atoms with Crippen molar-refractivity contribution in [2.24, 2.45) is 0 Å². The van der Waals surface area contributed by atoms with Crippen LogP contribution in [0, 0.1) is 0 Å². The summed E-state index contributed by atoms with van der Waals surface area (Å²) in [7, 11) is 1.72. The number of ether oxygens (including phenoxy) is 2. The van der Waals surface area contributed by atoms with E-state index in [2.05, 4.69) is 32.0 Å². The Kier molecular flexibility index (Phi) is 2.70. The second-order valence-electron chi connectivity index (χ2n) is 4.42. The van der Waals surface area contributed by atoms with Crippen LogP contribution in [-0.4, -0.2) is 19.3 Å². The van der Waals surface area contributed by atoms with Gasteiger partial charge in [0.25, 0.3) is 0 Å². The Morgan fingerprint density at radius 1 is 1.47 bits per heavy atom. The second kappa shape index (κ2) is 3.86. The van der Waals surface area contributed by atoms with Crippen LogP contribution in [0.5, 0.6) is 5.75 Å². The van der Waals surface area contributed by atoms with Crippen molar-refractivity contribution in [1.82, 2.24) is 0 Å². The van der Waals surface area contributed by atoms with E-state index in [4.69, 9.17) is 9.47 Å². The van der Waals surface area contributed by atoms with E-state index in [0.717, 1.165) is 25.2 Å². The van der Waals surface area contributed by atoms with E-state index >= 15 is 0 Å². The lowest BCUT2D eigenvalue weighted by molar-refractivity contribution is 0.322. The first-order chi connectivity index (χ1) is 7.17. The molecule has 0 saturated carbocycles. The summed E-state index contributed by atoms with van der Waals surface area (Å²) in [5.74, 6) is 0.989. The Hall–Kier alpha value is -1.02. The van der Waals surface area contributed by atoms with Gasteiger partial charge in [-0.15, -0.1) is 0 Å². The minimum absolute atomic E-state index is 0.0968. The van der Waals surface area contributed by atoms with Crippen molar-refractivity contribution < 1.29 is 9.47 Å². The fourth-order valence-corrected chi connectivity index (χ4v) is 1.88. The number of rotatable bonds is 4. The molecule has 0 bridgehead atoms. The zero-order valence-corrected chi connectivity index (χ0v) is 9.67. The number of methoxy groups -OCH3 is 1. The van der Waals surface area contributed by atoms with Gasteiger partial charge in [0, 0.05) is 6.42 Å². The quantitative estimate of drug-likeness (QED) is 0.706. The van der Waals surface area contributed by atoms with Gasteiger partial charge in [-0.25, -0.2) is 0 Å². The normalized spacial score (nSPS) is 23.9. The molecule has 1 aromatic carbocycles. The Bertz CT molecular complexity index is 354. The topological polar surface area (TPSA) is 21.8 Å². The fourth-order valence-electron chi connectivity index (χ4n) is 1.88. The third-order valence-electron chi connectivity index (χ3n) is 2.94. The third kappa shape index (κ3) is 2.32. The Labute approximate surface area is 91.2 Å². The molecule has 1 aromatic rings. The van der Waals surface area contributed by atoms with Gasteiger partial charge in [-0.3, -0.25) is 0 Å². The summed E-state index contributed by atoms with van der Waals surface area (Å²) in [6.45, 7) is 5.19. The largest absolute Gasteiger partial charge is 0.496 e. The van der Waals surface area contributed by atoms with Crippen molar-refractivity contribution in [3.05, 3.63) is 29.3 Å². The summed E-state index contributed by atoms with van der Waals surface area (Å²) >= 11 is 0. The zero-order chi connectivity index (χ0) is 10.9. The molecule has 1 fully saturated rings. The molecule has 0 N–H and O–H groups in total. The van der Waals surface area contributed by atoms with E-state index in [1.165, 1.54) is 11.1 Å². The van der Waals surface area contributed by atoms with Crippen molar-refractivity contribution in [3.63, 3.8) is 0 Å². The van der Waals surface area contributed by atoms with Gasteiger partial charge in [0.15, 0.2) is 0 Å². The van der Waals surface area contributed by atoms with Crippen LogP contribution < -0.4 is 4.74 Å². The average molecular weight is 206 g/mol. The maximum absolute atomic E-state index is 5.40. The molecule has 1 unspecified atom stereocenters. The van der Waals surface area contributed by atoms with Crippen molar-refractivity contribution >= 4 is 0 Å². The van der Waals surface area contributed by atoms with Crippen LogP contribution >= 0.6 is 0 Å². The SMILES string of the molecule is CCc1cc(CC2(C)CO2)ccc1OC. The van der Waals surface area contributed by atoms with Crippen molar-refractivity contribution in [2.75, 3.05) is 13.7 Å². The van der Waals surface area contributed by atoms with Gasteiger partial charge in [0.1, 0.15) is 5.75 Å². The van der Waals surface area contributed by atoms with Crippen LogP contribution in [0.15, 0.2) is 18.2 Å². The molecule has 0 radical (unpaired) electrons. The minimum atomic E-state index is 0.0968. The zero-order valence-electron chi connectivity index (χ0n) is 9.67. The predicted molar refractivity (Wildman–Crippen MR) is 60.4 cm³/mol. The van der Waals surface area contributed by atoms with E-state index in [0.29, 0.717) is 0 Å². The van der Waals surface area contributed by atoms with Crippen LogP contribution in [0.2, 0.25) is 0 Å². The highest BCUT2D eigenvalue weighted by atomic mass is 16.6. The van der Waals surface area contributed by atoms with E-state index in [1.54, 1.807) is 7.11 Å². The molecule has 1 heterocycles. The van der Waals surface area contributed by atoms with Gasteiger partial charge >= 0.3 is 0 Å². The molecular weight excluding hydrogens is 188 g/mol. The molecule has 2 nitrogen and oxygen atoms in total. The molecule has 2 rings (SSSR count). The summed E-state index contributed by atoms with van der Waals surface area (Å²) < 4.78 is 10.7. The number of benzene rings is 1. The average Bonchev–Trinajstić information content (AvgIpc) is 2.96. The molecule has 0 amide bonds. The van der Waals surface area contributed by atoms with Crippen LogP contribution in [0.4, 0.5) is 0 Å². The Balaban J connectivity index is 2.18. The monoisotopic (exact) mass is 206 g/mol. The summed E-state index contributed by atoms with van der Waals surface area (Å²) in [6, 6.07) is 6.41. The summed E-state index contributed by atoms with van der Waals surface area (Å²) in [5.41, 5.74) is 2.71. The van der Waals surface area contributed by atoms with E-state index in [9.17, 15) is 0 Å². The summed E-state index contributed by atoms with van der Waals surface area (Å²) in [6.07, 6.45) is 2.01. The van der Waals surface area contributed by atoms with Crippen LogP contribution in [0.25, 0.3) is 0 Å². The minimum Gasteiger partial charge on any atom is -0.496 e. The van der Waals surface area contributed by atoms with Crippen molar-refractivity contribution in [1.29, 1.82) is 0 Å². The van der Waals surface area contributed by atoms with Crippen LogP contribution in [0.1, 0.15) is 25.0 Å². The lowest BCUT2D eigenvalue weighted by atomic mass is 9.99. The van der Waals surface area contributed by atoms with Gasteiger partial charge in [-0.1, -0.05) is 19.1 Å². The Morgan fingerprint density at radius 2 is 2.20 bits per heavy atom.